The van der Waals surface area contributed by atoms with E-state index in [9.17, 15) is 19.8 Å². The summed E-state index contributed by atoms with van der Waals surface area (Å²) < 4.78 is 5.52. The maximum Gasteiger partial charge on any atom is 0.305 e. The monoisotopic (exact) mass is 1310 g/mol. The van der Waals surface area contributed by atoms with Gasteiger partial charge in [-0.2, -0.15) is 0 Å². The van der Waals surface area contributed by atoms with Crippen LogP contribution in [0.5, 0.6) is 0 Å². The van der Waals surface area contributed by atoms with Gasteiger partial charge in [0.15, 0.2) is 0 Å². The van der Waals surface area contributed by atoms with Gasteiger partial charge in [0.1, 0.15) is 0 Å². The molecule has 0 heterocycles. The number of allylic oxidation sites excluding steroid dienone is 4. The first-order valence-corrected chi connectivity index (χ1v) is 43.1. The Morgan fingerprint density at radius 1 is 0.290 bits per heavy atom. The highest BCUT2D eigenvalue weighted by Crippen LogP contribution is 2.21. The van der Waals surface area contributed by atoms with Crippen LogP contribution in [-0.4, -0.2) is 47.4 Å². The third-order valence-corrected chi connectivity index (χ3v) is 20.5. The third kappa shape index (κ3) is 79.2. The molecule has 93 heavy (non-hydrogen) atoms. The second kappa shape index (κ2) is 82.8. The summed E-state index contributed by atoms with van der Waals surface area (Å²) in [6.07, 6.45) is 107. The fraction of sp³-hybridized carbons (Fsp3) is 0.931. The van der Waals surface area contributed by atoms with Crippen LogP contribution in [0, 0.1) is 0 Å². The molecule has 0 aliphatic carbocycles. The molecule has 6 nitrogen and oxygen atoms in total. The van der Waals surface area contributed by atoms with Gasteiger partial charge < -0.3 is 20.3 Å². The zero-order valence-electron chi connectivity index (χ0n) is 63.5. The molecule has 0 aromatic rings. The molecule has 0 aliphatic rings. The van der Waals surface area contributed by atoms with Crippen molar-refractivity contribution < 1.29 is 24.5 Å². The summed E-state index contributed by atoms with van der Waals surface area (Å²) in [5.41, 5.74) is 0. The van der Waals surface area contributed by atoms with Crippen LogP contribution < -0.4 is 5.32 Å². The average molecular weight is 1310 g/mol. The van der Waals surface area contributed by atoms with E-state index in [1.807, 2.05) is 0 Å². The topological polar surface area (TPSA) is 95.9 Å². The average Bonchev–Trinajstić information content (AvgIpc) is 3.78. The van der Waals surface area contributed by atoms with E-state index < -0.39 is 12.1 Å². The SMILES string of the molecule is CCCCCCCC/C=C\CCCCCCCCCCCC(=O)OCCCCCCCCCCCCCC/C=C\CCCCCCCCCCCCCCCCCCCC(=O)NC(CO)C(O)CCCCCCCCCCCCCCCCCCCCCCCCCC. The minimum absolute atomic E-state index is 0.0196. The van der Waals surface area contributed by atoms with E-state index in [0.717, 1.165) is 38.5 Å². The summed E-state index contributed by atoms with van der Waals surface area (Å²) in [6.45, 7) is 5.01. The maximum absolute atomic E-state index is 12.6. The lowest BCUT2D eigenvalue weighted by Gasteiger charge is -2.22. The summed E-state index contributed by atoms with van der Waals surface area (Å²) in [5, 5.41) is 23.5. The molecular weight excluding hydrogens is 1140 g/mol. The zero-order chi connectivity index (χ0) is 67.0. The Morgan fingerprint density at radius 3 is 0.763 bits per heavy atom. The Morgan fingerprint density at radius 2 is 0.505 bits per heavy atom. The van der Waals surface area contributed by atoms with Crippen molar-refractivity contribution in [1.82, 2.24) is 5.32 Å². The van der Waals surface area contributed by atoms with Gasteiger partial charge in [-0.1, -0.05) is 430 Å². The lowest BCUT2D eigenvalue weighted by molar-refractivity contribution is -0.143. The number of aliphatic hydroxyl groups is 2. The molecule has 0 fully saturated rings. The predicted molar refractivity (Wildman–Crippen MR) is 412 cm³/mol. The van der Waals surface area contributed by atoms with Crippen LogP contribution in [0.25, 0.3) is 0 Å². The van der Waals surface area contributed by atoms with Gasteiger partial charge in [0.2, 0.25) is 5.91 Å². The van der Waals surface area contributed by atoms with Gasteiger partial charge in [-0.3, -0.25) is 9.59 Å². The Labute approximate surface area is 583 Å². The number of hydrogen-bond acceptors (Lipinski definition) is 5. The van der Waals surface area contributed by atoms with Crippen molar-refractivity contribution in [2.45, 2.75) is 508 Å². The molecule has 0 aromatic heterocycles. The number of carbonyl (C=O) groups is 2. The Balaban J connectivity index is 3.34. The molecule has 0 aromatic carbocycles. The molecule has 0 radical (unpaired) electrons. The van der Waals surface area contributed by atoms with Crippen molar-refractivity contribution in [2.75, 3.05) is 13.2 Å². The zero-order valence-corrected chi connectivity index (χ0v) is 63.5. The maximum atomic E-state index is 12.6. The molecule has 6 heteroatoms. The lowest BCUT2D eigenvalue weighted by Crippen LogP contribution is -2.45. The summed E-state index contributed by atoms with van der Waals surface area (Å²) >= 11 is 0. The van der Waals surface area contributed by atoms with E-state index in [2.05, 4.69) is 43.5 Å². The minimum Gasteiger partial charge on any atom is -0.466 e. The van der Waals surface area contributed by atoms with E-state index in [-0.39, 0.29) is 18.5 Å². The standard InChI is InChI=1S/C87H169NO5/c1-3-5-7-9-11-13-15-17-19-21-23-24-25-37-40-44-47-51-55-59-63-67-71-75-79-85(90)84(83-89)88-86(91)80-76-72-68-64-60-56-52-48-45-41-38-35-33-31-29-27-26-28-30-32-34-36-39-42-46-50-54-58-62-66-70-74-78-82-93-87(92)81-77-73-69-65-61-57-53-49-43-22-20-18-16-14-12-10-8-6-4-2/h18,20,30,32,84-85,89-90H,3-17,19,21-29,31,33-83H2,1-2H3,(H,88,91)/b20-18-,32-30-. The van der Waals surface area contributed by atoms with Gasteiger partial charge in [0, 0.05) is 12.8 Å². The molecule has 0 bridgehead atoms. The fourth-order valence-electron chi connectivity index (χ4n) is 13.9. The van der Waals surface area contributed by atoms with E-state index in [1.165, 1.54) is 424 Å². The second-order valence-electron chi connectivity index (χ2n) is 29.9. The Kier molecular flexibility index (Phi) is 81.3. The molecule has 0 saturated carbocycles. The van der Waals surface area contributed by atoms with E-state index >= 15 is 0 Å². The number of nitrogens with one attached hydrogen (secondary N) is 1. The molecule has 3 N–H and O–H groups in total. The number of carbonyl (C=O) groups excluding carboxylic acids is 2. The largest absolute Gasteiger partial charge is 0.466 e. The van der Waals surface area contributed by atoms with Crippen LogP contribution >= 0.6 is 0 Å². The molecule has 1 amide bonds. The van der Waals surface area contributed by atoms with Crippen LogP contribution in [0.3, 0.4) is 0 Å². The van der Waals surface area contributed by atoms with Gasteiger partial charge in [-0.05, 0) is 77.0 Å². The molecule has 0 aliphatic heterocycles. The van der Waals surface area contributed by atoms with Gasteiger partial charge in [0.05, 0.1) is 25.4 Å². The molecule has 552 valence electrons. The second-order valence-corrected chi connectivity index (χ2v) is 29.9. The third-order valence-electron chi connectivity index (χ3n) is 20.5. The number of amides is 1. The van der Waals surface area contributed by atoms with E-state index in [0.29, 0.717) is 25.9 Å². The van der Waals surface area contributed by atoms with Gasteiger partial charge in [-0.25, -0.2) is 0 Å². The van der Waals surface area contributed by atoms with Gasteiger partial charge in [0.25, 0.3) is 0 Å². The van der Waals surface area contributed by atoms with Gasteiger partial charge in [-0.15, -0.1) is 0 Å². The number of aliphatic hydroxyl groups excluding tert-OH is 2. The number of rotatable bonds is 82. The normalized spacial score (nSPS) is 12.5. The highest BCUT2D eigenvalue weighted by molar-refractivity contribution is 5.76. The minimum atomic E-state index is -0.664. The van der Waals surface area contributed by atoms with Crippen LogP contribution in [0.2, 0.25) is 0 Å². The quantitative estimate of drug-likeness (QED) is 0.0320. The van der Waals surface area contributed by atoms with Crippen molar-refractivity contribution in [3.05, 3.63) is 24.3 Å². The molecule has 2 atom stereocenters. The van der Waals surface area contributed by atoms with E-state index in [1.54, 1.807) is 0 Å². The van der Waals surface area contributed by atoms with Crippen molar-refractivity contribution >= 4 is 11.9 Å². The Bertz CT molecular complexity index is 1460. The smallest absolute Gasteiger partial charge is 0.305 e. The van der Waals surface area contributed by atoms with Crippen LogP contribution in [0.15, 0.2) is 24.3 Å². The number of unbranched alkanes of at least 4 members (excludes halogenated alkanes) is 67. The Hall–Kier alpha value is -1.66. The predicted octanol–water partition coefficient (Wildman–Crippen LogP) is 28.8. The van der Waals surface area contributed by atoms with Crippen LogP contribution in [0.4, 0.5) is 0 Å². The molecule has 2 unspecified atom stereocenters. The fourth-order valence-corrected chi connectivity index (χ4v) is 13.9. The van der Waals surface area contributed by atoms with Gasteiger partial charge >= 0.3 is 5.97 Å². The summed E-state index contributed by atoms with van der Waals surface area (Å²) in [7, 11) is 0. The molecule has 0 saturated heterocycles. The summed E-state index contributed by atoms with van der Waals surface area (Å²) in [5.74, 6) is -0.00599. The van der Waals surface area contributed by atoms with Crippen LogP contribution in [0.1, 0.15) is 495 Å². The summed E-state index contributed by atoms with van der Waals surface area (Å²) in [4.78, 5) is 24.7. The first-order chi connectivity index (χ1) is 46.0. The molecular formula is C87H169NO5. The first kappa shape index (κ1) is 91.3. The van der Waals surface area contributed by atoms with Crippen molar-refractivity contribution in [1.29, 1.82) is 0 Å². The highest BCUT2D eigenvalue weighted by atomic mass is 16.5. The van der Waals surface area contributed by atoms with Crippen molar-refractivity contribution in [2.24, 2.45) is 0 Å². The highest BCUT2D eigenvalue weighted by Gasteiger charge is 2.20. The molecule has 0 rings (SSSR count). The van der Waals surface area contributed by atoms with Crippen molar-refractivity contribution in [3.63, 3.8) is 0 Å². The first-order valence-electron chi connectivity index (χ1n) is 43.1. The number of esters is 1. The number of hydrogen-bond donors (Lipinski definition) is 3. The van der Waals surface area contributed by atoms with E-state index in [4.69, 9.17) is 4.74 Å². The lowest BCUT2D eigenvalue weighted by atomic mass is 10.0. The van der Waals surface area contributed by atoms with Crippen LogP contribution in [-0.2, 0) is 14.3 Å². The van der Waals surface area contributed by atoms with Crippen molar-refractivity contribution in [3.8, 4) is 0 Å². The number of ether oxygens (including phenoxy) is 1. The summed E-state index contributed by atoms with van der Waals surface area (Å²) in [6, 6.07) is -0.541. The molecule has 0 spiro atoms.